The molecule has 3 saturated heterocycles. The van der Waals surface area contributed by atoms with Crippen LogP contribution in [0.2, 0.25) is 0 Å². The van der Waals surface area contributed by atoms with Gasteiger partial charge in [0.25, 0.3) is 0 Å². The van der Waals surface area contributed by atoms with Gasteiger partial charge >= 0.3 is 6.18 Å². The number of piperidine rings is 1. The number of nitrogens with one attached hydrogen (secondary N) is 1. The van der Waals surface area contributed by atoms with E-state index in [0.717, 1.165) is 38.9 Å². The monoisotopic (exact) mass is 236 g/mol. The zero-order chi connectivity index (χ0) is 11.6. The van der Waals surface area contributed by atoms with Crippen molar-refractivity contribution >= 4 is 0 Å². The molecule has 0 radical (unpaired) electrons. The van der Waals surface area contributed by atoms with Crippen LogP contribution in [0.4, 0.5) is 13.2 Å². The maximum Gasteiger partial charge on any atom is 0.390 e. The van der Waals surface area contributed by atoms with Gasteiger partial charge in [-0.15, -0.1) is 0 Å². The van der Waals surface area contributed by atoms with E-state index < -0.39 is 12.6 Å². The van der Waals surface area contributed by atoms with Gasteiger partial charge in [0.2, 0.25) is 0 Å². The molecule has 2 nitrogen and oxygen atoms in total. The molecule has 0 spiro atoms. The van der Waals surface area contributed by atoms with Crippen molar-refractivity contribution in [1.29, 1.82) is 0 Å². The van der Waals surface area contributed by atoms with Gasteiger partial charge in [0.1, 0.15) is 0 Å². The summed E-state index contributed by atoms with van der Waals surface area (Å²) >= 11 is 0. The number of alkyl halides is 3. The summed E-state index contributed by atoms with van der Waals surface area (Å²) in [5.41, 5.74) is 0. The van der Waals surface area contributed by atoms with E-state index in [9.17, 15) is 13.2 Å². The fourth-order valence-electron chi connectivity index (χ4n) is 2.80. The van der Waals surface area contributed by atoms with Crippen LogP contribution in [0.25, 0.3) is 0 Å². The van der Waals surface area contributed by atoms with Gasteiger partial charge in [-0.1, -0.05) is 0 Å². The molecule has 1 N–H and O–H groups in total. The average molecular weight is 236 g/mol. The molecule has 0 amide bonds. The van der Waals surface area contributed by atoms with Crippen LogP contribution in [0.5, 0.6) is 0 Å². The van der Waals surface area contributed by atoms with Crippen LogP contribution in [-0.4, -0.2) is 43.3 Å². The van der Waals surface area contributed by atoms with E-state index in [-0.39, 0.29) is 6.54 Å². The summed E-state index contributed by atoms with van der Waals surface area (Å²) in [4.78, 5) is 2.42. The lowest BCUT2D eigenvalue weighted by Gasteiger charge is -2.29. The van der Waals surface area contributed by atoms with Crippen LogP contribution in [-0.2, 0) is 0 Å². The number of rotatable bonds is 3. The minimum absolute atomic E-state index is 0.0741. The van der Waals surface area contributed by atoms with E-state index in [0.29, 0.717) is 12.0 Å². The SMILES string of the molecule is FC(F)(F)CCNC1CCN2CCC1CC2. The van der Waals surface area contributed by atoms with Gasteiger partial charge in [-0.05, 0) is 44.8 Å². The largest absolute Gasteiger partial charge is 0.390 e. The highest BCUT2D eigenvalue weighted by Crippen LogP contribution is 2.27. The van der Waals surface area contributed by atoms with Crippen LogP contribution in [0.1, 0.15) is 25.7 Å². The van der Waals surface area contributed by atoms with Gasteiger partial charge in [0, 0.05) is 12.6 Å². The summed E-state index contributed by atoms with van der Waals surface area (Å²) in [6.07, 6.45) is -1.45. The molecule has 3 heterocycles. The second-order valence-corrected chi connectivity index (χ2v) is 4.89. The lowest BCUT2D eigenvalue weighted by atomic mass is 9.90. The lowest BCUT2D eigenvalue weighted by molar-refractivity contribution is -0.133. The van der Waals surface area contributed by atoms with E-state index in [1.807, 2.05) is 0 Å². The summed E-state index contributed by atoms with van der Waals surface area (Å²) in [6, 6.07) is 0.301. The van der Waals surface area contributed by atoms with E-state index in [1.165, 1.54) is 0 Å². The first-order valence-corrected chi connectivity index (χ1v) is 6.07. The molecule has 16 heavy (non-hydrogen) atoms. The minimum Gasteiger partial charge on any atom is -0.313 e. The van der Waals surface area contributed by atoms with Gasteiger partial charge in [-0.2, -0.15) is 13.2 Å². The number of fused-ring (bicyclic) bond motifs is 4. The fraction of sp³-hybridized carbons (Fsp3) is 1.00. The number of hydrogen-bond acceptors (Lipinski definition) is 2. The average Bonchev–Trinajstić information content (AvgIpc) is 2.50. The Bertz CT molecular complexity index is 222. The molecule has 0 saturated carbocycles. The predicted molar refractivity (Wildman–Crippen MR) is 56.2 cm³/mol. The Morgan fingerprint density at radius 1 is 1.06 bits per heavy atom. The Hall–Kier alpha value is -0.290. The summed E-state index contributed by atoms with van der Waals surface area (Å²) < 4.78 is 36.1. The van der Waals surface area contributed by atoms with Gasteiger partial charge in [-0.25, -0.2) is 0 Å². The quantitative estimate of drug-likeness (QED) is 0.806. The molecule has 0 aliphatic carbocycles. The molecule has 5 heteroatoms. The Morgan fingerprint density at radius 3 is 2.31 bits per heavy atom. The molecular formula is C11H19F3N2. The summed E-state index contributed by atoms with van der Waals surface area (Å²) in [6.45, 7) is 3.37. The predicted octanol–water partition coefficient (Wildman–Crippen LogP) is 2.01. The maximum atomic E-state index is 12.0. The number of hydrogen-bond donors (Lipinski definition) is 1. The second kappa shape index (κ2) is 4.92. The van der Waals surface area contributed by atoms with Crippen molar-refractivity contribution in [2.45, 2.75) is 37.9 Å². The van der Waals surface area contributed by atoms with Crippen LogP contribution in [0, 0.1) is 5.92 Å². The van der Waals surface area contributed by atoms with Crippen molar-refractivity contribution in [3.63, 3.8) is 0 Å². The molecule has 0 aromatic heterocycles. The van der Waals surface area contributed by atoms with E-state index in [4.69, 9.17) is 0 Å². The Morgan fingerprint density at radius 2 is 1.69 bits per heavy atom. The topological polar surface area (TPSA) is 15.3 Å². The lowest BCUT2D eigenvalue weighted by Crippen LogP contribution is -2.38. The minimum atomic E-state index is -4.03. The fourth-order valence-corrected chi connectivity index (χ4v) is 2.80. The van der Waals surface area contributed by atoms with Crippen LogP contribution < -0.4 is 5.32 Å². The van der Waals surface area contributed by atoms with Crippen LogP contribution >= 0.6 is 0 Å². The third-order valence-electron chi connectivity index (χ3n) is 3.77. The molecule has 0 aromatic carbocycles. The van der Waals surface area contributed by atoms with Crippen molar-refractivity contribution in [1.82, 2.24) is 10.2 Å². The highest BCUT2D eigenvalue weighted by Gasteiger charge is 2.32. The summed E-state index contributed by atoms with van der Waals surface area (Å²) in [5.74, 6) is 0.590. The first-order valence-electron chi connectivity index (χ1n) is 6.07. The highest BCUT2D eigenvalue weighted by atomic mass is 19.4. The smallest absolute Gasteiger partial charge is 0.313 e. The van der Waals surface area contributed by atoms with Crippen molar-refractivity contribution in [3.05, 3.63) is 0 Å². The van der Waals surface area contributed by atoms with Crippen molar-refractivity contribution < 1.29 is 13.2 Å². The third kappa shape index (κ3) is 3.35. The van der Waals surface area contributed by atoms with Crippen molar-refractivity contribution in [3.8, 4) is 0 Å². The molecule has 1 unspecified atom stereocenters. The molecule has 2 bridgehead atoms. The molecule has 1 atom stereocenters. The Balaban J connectivity index is 1.76. The zero-order valence-corrected chi connectivity index (χ0v) is 9.39. The van der Waals surface area contributed by atoms with Gasteiger partial charge in [0.15, 0.2) is 0 Å². The molecule has 3 aliphatic heterocycles. The van der Waals surface area contributed by atoms with E-state index >= 15 is 0 Å². The normalized spacial score (nSPS) is 35.1. The van der Waals surface area contributed by atoms with Gasteiger partial charge in [0.05, 0.1) is 6.42 Å². The standard InChI is InChI=1S/C11H19F3N2/c12-11(13,14)4-5-15-10-3-8-16-6-1-9(10)2-7-16/h9-10,15H,1-8H2. The number of halogens is 3. The second-order valence-electron chi connectivity index (χ2n) is 4.89. The van der Waals surface area contributed by atoms with E-state index in [1.54, 1.807) is 0 Å². The molecular weight excluding hydrogens is 217 g/mol. The summed E-state index contributed by atoms with van der Waals surface area (Å²) in [7, 11) is 0. The molecule has 3 fully saturated rings. The van der Waals surface area contributed by atoms with Crippen LogP contribution in [0.15, 0.2) is 0 Å². The van der Waals surface area contributed by atoms with Crippen molar-refractivity contribution in [2.24, 2.45) is 5.92 Å². The van der Waals surface area contributed by atoms with Gasteiger partial charge < -0.3 is 10.2 Å². The number of nitrogens with zero attached hydrogens (tertiary/aromatic N) is 1. The summed E-state index contributed by atoms with van der Waals surface area (Å²) in [5, 5.41) is 3.10. The van der Waals surface area contributed by atoms with E-state index in [2.05, 4.69) is 10.2 Å². The zero-order valence-electron chi connectivity index (χ0n) is 9.39. The van der Waals surface area contributed by atoms with Crippen molar-refractivity contribution in [2.75, 3.05) is 26.2 Å². The van der Waals surface area contributed by atoms with Gasteiger partial charge in [-0.3, -0.25) is 0 Å². The first-order chi connectivity index (χ1) is 7.54. The molecule has 3 aliphatic rings. The first kappa shape index (κ1) is 12.2. The van der Waals surface area contributed by atoms with Crippen LogP contribution in [0.3, 0.4) is 0 Å². The Kier molecular flexibility index (Phi) is 3.74. The highest BCUT2D eigenvalue weighted by molar-refractivity contribution is 4.87. The Labute approximate surface area is 94.2 Å². The maximum absolute atomic E-state index is 12.0. The third-order valence-corrected chi connectivity index (χ3v) is 3.77. The molecule has 94 valence electrons. The molecule has 3 rings (SSSR count). The molecule has 0 aromatic rings.